The van der Waals surface area contributed by atoms with Crippen LogP contribution in [-0.4, -0.2) is 17.4 Å². The first kappa shape index (κ1) is 15.8. The van der Waals surface area contributed by atoms with Crippen LogP contribution < -0.4 is 5.32 Å². The van der Waals surface area contributed by atoms with Gasteiger partial charge in [0.1, 0.15) is 0 Å². The molecule has 0 aliphatic carbocycles. The Morgan fingerprint density at radius 3 is 2.61 bits per heavy atom. The zero-order chi connectivity index (χ0) is 16.2. The van der Waals surface area contributed by atoms with Crippen LogP contribution >= 0.6 is 11.8 Å². The number of hydrogen-bond acceptors (Lipinski definition) is 3. The Labute approximate surface area is 140 Å². The topological polar surface area (TPSA) is 46.2 Å². The van der Waals surface area contributed by atoms with Gasteiger partial charge in [0.15, 0.2) is 5.78 Å². The molecule has 3 nitrogen and oxygen atoms in total. The van der Waals surface area contributed by atoms with Crippen molar-refractivity contribution >= 4 is 23.5 Å². The van der Waals surface area contributed by atoms with Gasteiger partial charge in [-0.05, 0) is 23.6 Å². The van der Waals surface area contributed by atoms with Crippen molar-refractivity contribution in [3.63, 3.8) is 0 Å². The van der Waals surface area contributed by atoms with E-state index in [0.29, 0.717) is 24.1 Å². The second kappa shape index (κ2) is 7.01. The smallest absolute Gasteiger partial charge is 0.252 e. The van der Waals surface area contributed by atoms with E-state index in [4.69, 9.17) is 0 Å². The molecule has 1 N–H and O–H groups in total. The van der Waals surface area contributed by atoms with Crippen LogP contribution in [0.1, 0.15) is 45.2 Å². The van der Waals surface area contributed by atoms with Gasteiger partial charge in [0.25, 0.3) is 5.91 Å². The molecule has 1 heterocycles. The minimum atomic E-state index is -0.122. The van der Waals surface area contributed by atoms with Gasteiger partial charge in [-0.1, -0.05) is 43.3 Å². The zero-order valence-corrected chi connectivity index (χ0v) is 13.9. The summed E-state index contributed by atoms with van der Waals surface area (Å²) < 4.78 is 0. The molecule has 0 radical (unpaired) electrons. The molecule has 0 unspecified atom stereocenters. The lowest BCUT2D eigenvalue weighted by atomic mass is 10.0. The molecule has 1 aliphatic heterocycles. The highest BCUT2D eigenvalue weighted by molar-refractivity contribution is 7.99. The maximum atomic E-state index is 12.5. The van der Waals surface area contributed by atoms with Crippen molar-refractivity contribution in [3.05, 3.63) is 64.7 Å². The van der Waals surface area contributed by atoms with Crippen LogP contribution in [0.4, 0.5) is 0 Å². The predicted octanol–water partition coefficient (Wildman–Crippen LogP) is 3.86. The second-order valence-electron chi connectivity index (χ2n) is 5.56. The number of fused-ring (bicyclic) bond motifs is 1. The van der Waals surface area contributed by atoms with Crippen molar-refractivity contribution in [3.8, 4) is 0 Å². The lowest BCUT2D eigenvalue weighted by molar-refractivity contribution is 0.0947. The number of nitrogens with one attached hydrogen (secondary N) is 1. The van der Waals surface area contributed by atoms with Crippen LogP contribution in [0.3, 0.4) is 0 Å². The van der Waals surface area contributed by atoms with Crippen molar-refractivity contribution in [2.24, 2.45) is 0 Å². The van der Waals surface area contributed by atoms with Gasteiger partial charge in [0.05, 0.1) is 5.56 Å². The van der Waals surface area contributed by atoms with Gasteiger partial charge < -0.3 is 5.32 Å². The van der Waals surface area contributed by atoms with E-state index in [1.54, 1.807) is 23.9 Å². The molecule has 2 aromatic rings. The number of hydrogen-bond donors (Lipinski definition) is 1. The number of rotatable bonds is 4. The molecule has 0 saturated heterocycles. The molecule has 23 heavy (non-hydrogen) atoms. The molecule has 1 aliphatic rings. The quantitative estimate of drug-likeness (QED) is 0.928. The van der Waals surface area contributed by atoms with Gasteiger partial charge in [-0.2, -0.15) is 0 Å². The van der Waals surface area contributed by atoms with Crippen molar-refractivity contribution in [1.29, 1.82) is 0 Å². The fraction of sp³-hybridized carbons (Fsp3) is 0.263. The summed E-state index contributed by atoms with van der Waals surface area (Å²) in [4.78, 5) is 25.3. The van der Waals surface area contributed by atoms with Gasteiger partial charge in [0, 0.05) is 29.2 Å². The van der Waals surface area contributed by atoms with E-state index < -0.39 is 0 Å². The third-order valence-corrected chi connectivity index (χ3v) is 5.16. The van der Waals surface area contributed by atoms with Crippen LogP contribution in [0, 0.1) is 0 Å². The second-order valence-corrected chi connectivity index (χ2v) is 6.66. The summed E-state index contributed by atoms with van der Waals surface area (Å²) in [5.41, 5.74) is 3.64. The summed E-state index contributed by atoms with van der Waals surface area (Å²) in [6.07, 6.45) is 1.56. The summed E-state index contributed by atoms with van der Waals surface area (Å²) >= 11 is 1.59. The fourth-order valence-corrected chi connectivity index (χ4v) is 3.79. The third kappa shape index (κ3) is 3.48. The first-order valence-electron chi connectivity index (χ1n) is 7.84. The predicted molar refractivity (Wildman–Crippen MR) is 93.1 cm³/mol. The number of Topliss-reactive ketones (excluding diaryl/α,β-unsaturated/α-hetero) is 1. The summed E-state index contributed by atoms with van der Waals surface area (Å²) in [6, 6.07) is 13.6. The highest BCUT2D eigenvalue weighted by atomic mass is 32.2. The van der Waals surface area contributed by atoms with Crippen molar-refractivity contribution in [2.45, 2.75) is 31.2 Å². The Bertz CT molecular complexity index is 738. The van der Waals surface area contributed by atoms with E-state index in [2.05, 4.69) is 24.4 Å². The molecule has 0 aromatic heterocycles. The van der Waals surface area contributed by atoms with Crippen LogP contribution in [0.25, 0.3) is 0 Å². The molecular weight excluding hydrogens is 306 g/mol. The lowest BCUT2D eigenvalue weighted by Gasteiger charge is -2.17. The molecular formula is C19H19NO2S. The Hall–Kier alpha value is -2.07. The van der Waals surface area contributed by atoms with Gasteiger partial charge in [0.2, 0.25) is 0 Å². The molecule has 118 valence electrons. The fourth-order valence-electron chi connectivity index (χ4n) is 2.64. The maximum absolute atomic E-state index is 12.5. The normalized spacial score (nSPS) is 13.5. The number of carbonyl (C=O) groups is 2. The SMILES string of the molecule is CCc1ccc(CNC(=O)c2cccc3c2SCCC3=O)cc1. The average Bonchev–Trinajstić information content (AvgIpc) is 2.60. The first-order chi connectivity index (χ1) is 11.2. The first-order valence-corrected chi connectivity index (χ1v) is 8.82. The highest BCUT2D eigenvalue weighted by Gasteiger charge is 2.22. The number of amides is 1. The van der Waals surface area contributed by atoms with Crippen LogP contribution in [-0.2, 0) is 13.0 Å². The van der Waals surface area contributed by atoms with Crippen molar-refractivity contribution in [2.75, 3.05) is 5.75 Å². The van der Waals surface area contributed by atoms with Gasteiger partial charge in [-0.25, -0.2) is 0 Å². The van der Waals surface area contributed by atoms with Crippen molar-refractivity contribution < 1.29 is 9.59 Å². The van der Waals surface area contributed by atoms with Gasteiger partial charge in [-0.15, -0.1) is 11.8 Å². The molecule has 0 atom stereocenters. The maximum Gasteiger partial charge on any atom is 0.252 e. The van der Waals surface area contributed by atoms with E-state index in [0.717, 1.165) is 22.6 Å². The number of ketones is 1. The largest absolute Gasteiger partial charge is 0.348 e. The van der Waals surface area contributed by atoms with E-state index in [9.17, 15) is 9.59 Å². The summed E-state index contributed by atoms with van der Waals surface area (Å²) in [5.74, 6) is 0.751. The van der Waals surface area contributed by atoms with E-state index in [-0.39, 0.29) is 11.7 Å². The van der Waals surface area contributed by atoms with Crippen molar-refractivity contribution in [1.82, 2.24) is 5.32 Å². The summed E-state index contributed by atoms with van der Waals surface area (Å²) in [7, 11) is 0. The molecule has 0 spiro atoms. The monoisotopic (exact) mass is 325 g/mol. The van der Waals surface area contributed by atoms with Crippen LogP contribution in [0.15, 0.2) is 47.4 Å². The Morgan fingerprint density at radius 1 is 1.13 bits per heavy atom. The lowest BCUT2D eigenvalue weighted by Crippen LogP contribution is -2.24. The molecule has 2 aromatic carbocycles. The number of carbonyl (C=O) groups excluding carboxylic acids is 2. The number of thioether (sulfide) groups is 1. The molecule has 3 rings (SSSR count). The third-order valence-electron chi connectivity index (χ3n) is 4.02. The highest BCUT2D eigenvalue weighted by Crippen LogP contribution is 2.33. The summed E-state index contributed by atoms with van der Waals surface area (Å²) in [5, 5.41) is 2.95. The minimum Gasteiger partial charge on any atom is -0.348 e. The Kier molecular flexibility index (Phi) is 4.82. The Balaban J connectivity index is 1.73. The van der Waals surface area contributed by atoms with Gasteiger partial charge >= 0.3 is 0 Å². The van der Waals surface area contributed by atoms with Crippen LogP contribution in [0.5, 0.6) is 0 Å². The van der Waals surface area contributed by atoms with E-state index >= 15 is 0 Å². The summed E-state index contributed by atoms with van der Waals surface area (Å²) in [6.45, 7) is 2.61. The zero-order valence-electron chi connectivity index (χ0n) is 13.1. The van der Waals surface area contributed by atoms with Crippen LogP contribution in [0.2, 0.25) is 0 Å². The number of benzene rings is 2. The number of aryl methyl sites for hydroxylation is 1. The van der Waals surface area contributed by atoms with E-state index in [1.807, 2.05) is 18.2 Å². The standard InChI is InChI=1S/C19H19NO2S/c1-2-13-6-8-14(9-7-13)12-20-19(22)16-5-3-4-15-17(21)10-11-23-18(15)16/h3-9H,2,10-12H2,1H3,(H,20,22). The molecule has 1 amide bonds. The molecule has 0 saturated carbocycles. The molecule has 0 bridgehead atoms. The Morgan fingerprint density at radius 2 is 1.87 bits per heavy atom. The molecule has 0 fully saturated rings. The minimum absolute atomic E-state index is 0.122. The van der Waals surface area contributed by atoms with Gasteiger partial charge in [-0.3, -0.25) is 9.59 Å². The average molecular weight is 325 g/mol. The molecule has 4 heteroatoms. The van der Waals surface area contributed by atoms with E-state index in [1.165, 1.54) is 5.56 Å².